The Morgan fingerprint density at radius 3 is 2.36 bits per heavy atom. The zero-order valence-corrected chi connectivity index (χ0v) is 26.8. The summed E-state index contributed by atoms with van der Waals surface area (Å²) in [6, 6.07) is 12.1. The molecule has 0 saturated carbocycles. The summed E-state index contributed by atoms with van der Waals surface area (Å²) >= 11 is 6.15. The fourth-order valence-corrected chi connectivity index (χ4v) is 4.89. The fourth-order valence-electron chi connectivity index (χ4n) is 4.76. The molecule has 47 heavy (non-hydrogen) atoms. The topological polar surface area (TPSA) is 149 Å². The van der Waals surface area contributed by atoms with Gasteiger partial charge in [-0.25, -0.2) is 4.79 Å². The molecule has 1 aliphatic rings. The second kappa shape index (κ2) is 14.2. The highest BCUT2D eigenvalue weighted by Crippen LogP contribution is 2.34. The Morgan fingerprint density at radius 2 is 1.70 bits per heavy atom. The van der Waals surface area contributed by atoms with Crippen molar-refractivity contribution < 1.29 is 37.0 Å². The number of methoxy groups -OCH3 is 1. The third kappa shape index (κ3) is 8.47. The van der Waals surface area contributed by atoms with Gasteiger partial charge in [-0.3, -0.25) is 19.1 Å². The van der Waals surface area contributed by atoms with Crippen LogP contribution in [0.5, 0.6) is 5.75 Å². The maximum Gasteiger partial charge on any atom is 0.454 e. The summed E-state index contributed by atoms with van der Waals surface area (Å²) in [4.78, 5) is 41.5. The number of ether oxygens (including phenoxy) is 2. The molecule has 3 N–H and O–H groups in total. The Morgan fingerprint density at radius 1 is 1.02 bits per heavy atom. The first-order valence-electron chi connectivity index (χ1n) is 14.3. The maximum absolute atomic E-state index is 13.1. The summed E-state index contributed by atoms with van der Waals surface area (Å²) in [5.74, 6) is -0.799. The van der Waals surface area contributed by atoms with Gasteiger partial charge >= 0.3 is 12.3 Å². The number of halogens is 4. The molecule has 3 aromatic rings. The predicted molar refractivity (Wildman–Crippen MR) is 167 cm³/mol. The predicted octanol–water partition coefficient (Wildman–Crippen LogP) is 4.38. The molecule has 0 saturated heterocycles. The van der Waals surface area contributed by atoms with Crippen LogP contribution >= 0.6 is 11.6 Å². The lowest BCUT2D eigenvalue weighted by Crippen LogP contribution is -2.47. The number of nitrogens with zero attached hydrogens (tertiary/aromatic N) is 4. The van der Waals surface area contributed by atoms with Gasteiger partial charge in [0.05, 0.1) is 31.5 Å². The minimum absolute atomic E-state index is 0.0544. The van der Waals surface area contributed by atoms with Crippen molar-refractivity contribution in [3.05, 3.63) is 82.5 Å². The van der Waals surface area contributed by atoms with Gasteiger partial charge in [-0.05, 0) is 51.1 Å². The average Bonchev–Trinajstić information content (AvgIpc) is 3.34. The number of carbonyl (C=O) groups is 3. The third-order valence-electron chi connectivity index (χ3n) is 7.05. The molecule has 0 spiro atoms. The van der Waals surface area contributed by atoms with E-state index in [2.05, 4.69) is 37.5 Å². The van der Waals surface area contributed by atoms with Gasteiger partial charge < -0.3 is 25.4 Å². The summed E-state index contributed by atoms with van der Waals surface area (Å²) in [7, 11) is 1.57. The van der Waals surface area contributed by atoms with Crippen molar-refractivity contribution in [1.29, 1.82) is 0 Å². The standard InChI is InChI=1S/C31H33ClF3N7O5/c1-17(16-38-29(45)47-30(3,4)28(44)31(33,34)35)36-12-13-37-25(43)15-23-27-41-40-18(2)42(27)24-11-10-21(46-5)14-22(24)26(39-23)19-6-8-20(32)9-7-19/h6-11,14,23,36H,1,12-13,15-16H2,2-5H3,(H,37,43)(H,38,45)/t23-/m0/s1. The van der Waals surface area contributed by atoms with Gasteiger partial charge in [-0.1, -0.05) is 30.3 Å². The Labute approximate surface area is 273 Å². The van der Waals surface area contributed by atoms with E-state index < -0.39 is 29.7 Å². The normalized spacial score (nSPS) is 14.1. The van der Waals surface area contributed by atoms with Gasteiger partial charge in [0, 0.05) is 34.9 Å². The number of nitrogens with one attached hydrogen (secondary N) is 3. The molecule has 12 nitrogen and oxygen atoms in total. The van der Waals surface area contributed by atoms with Crippen molar-refractivity contribution in [1.82, 2.24) is 30.7 Å². The van der Waals surface area contributed by atoms with E-state index in [0.29, 0.717) is 28.1 Å². The molecule has 1 atom stereocenters. The van der Waals surface area contributed by atoms with Gasteiger partial charge in [0.15, 0.2) is 11.4 Å². The van der Waals surface area contributed by atoms with Crippen LogP contribution in [0.4, 0.5) is 18.0 Å². The number of ketones is 1. The number of amides is 2. The molecule has 0 bridgehead atoms. The van der Waals surface area contributed by atoms with Crippen LogP contribution in [0.3, 0.4) is 0 Å². The first kappa shape index (κ1) is 34.9. The van der Waals surface area contributed by atoms with Crippen molar-refractivity contribution in [2.45, 2.75) is 45.0 Å². The van der Waals surface area contributed by atoms with Crippen LogP contribution in [-0.4, -0.2) is 76.8 Å². The van der Waals surface area contributed by atoms with Gasteiger partial charge in [0.1, 0.15) is 17.6 Å². The van der Waals surface area contributed by atoms with Gasteiger partial charge in [0.2, 0.25) is 5.91 Å². The Bertz CT molecular complexity index is 1700. The van der Waals surface area contributed by atoms with Crippen LogP contribution in [0.25, 0.3) is 5.69 Å². The highest BCUT2D eigenvalue weighted by atomic mass is 35.5. The minimum atomic E-state index is -5.16. The minimum Gasteiger partial charge on any atom is -0.497 e. The van der Waals surface area contributed by atoms with Gasteiger partial charge in [-0.15, -0.1) is 10.2 Å². The highest BCUT2D eigenvalue weighted by Gasteiger charge is 2.50. The molecule has 2 heterocycles. The number of carbonyl (C=O) groups excluding carboxylic acids is 3. The van der Waals surface area contributed by atoms with Crippen molar-refractivity contribution in [3.63, 3.8) is 0 Å². The van der Waals surface area contributed by atoms with E-state index in [-0.39, 0.29) is 37.7 Å². The number of hydrogen-bond acceptors (Lipinski definition) is 9. The smallest absolute Gasteiger partial charge is 0.454 e. The molecule has 0 unspecified atom stereocenters. The molecule has 1 aromatic heterocycles. The first-order valence-corrected chi connectivity index (χ1v) is 14.7. The molecular formula is C31H33ClF3N7O5. The number of benzene rings is 2. The van der Waals surface area contributed by atoms with Crippen LogP contribution in [0.15, 0.2) is 59.7 Å². The number of fused-ring (bicyclic) bond motifs is 3. The first-order chi connectivity index (χ1) is 22.1. The number of aliphatic imine (C=N–C) groups is 1. The van der Waals surface area contributed by atoms with Gasteiger partial charge in [-0.2, -0.15) is 13.2 Å². The number of aromatic nitrogens is 3. The Hall–Kier alpha value is -4.92. The number of Topliss-reactive ketones (excluding diaryl/α,β-unsaturated/α-hetero) is 1. The second-order valence-electron chi connectivity index (χ2n) is 11.0. The van der Waals surface area contributed by atoms with Crippen molar-refractivity contribution in [3.8, 4) is 11.4 Å². The molecule has 2 aromatic carbocycles. The lowest BCUT2D eigenvalue weighted by Gasteiger charge is -2.24. The fraction of sp³-hybridized carbons (Fsp3) is 0.355. The summed E-state index contributed by atoms with van der Waals surface area (Å²) in [5.41, 5.74) is 0.814. The lowest BCUT2D eigenvalue weighted by molar-refractivity contribution is -0.186. The number of alkyl carbamates (subject to hydrolysis) is 1. The van der Waals surface area contributed by atoms with E-state index in [4.69, 9.17) is 21.3 Å². The summed E-state index contributed by atoms with van der Waals surface area (Å²) < 4.78 is 50.1. The quantitative estimate of drug-likeness (QED) is 0.240. The third-order valence-corrected chi connectivity index (χ3v) is 7.30. The molecule has 250 valence electrons. The zero-order valence-electron chi connectivity index (χ0n) is 26.0. The molecule has 1 aliphatic heterocycles. The van der Waals surface area contributed by atoms with Crippen LogP contribution in [0.2, 0.25) is 5.02 Å². The molecule has 0 fully saturated rings. The van der Waals surface area contributed by atoms with E-state index in [0.717, 1.165) is 30.7 Å². The van der Waals surface area contributed by atoms with E-state index in [9.17, 15) is 27.6 Å². The SMILES string of the molecule is C=C(CNC(=O)OC(C)(C)C(=O)C(F)(F)F)NCCNC(=O)C[C@@H]1N=C(c2ccc(Cl)cc2)c2cc(OC)ccc2-n2c(C)nnc21. The average molecular weight is 676 g/mol. The molecule has 0 aliphatic carbocycles. The molecule has 16 heteroatoms. The monoisotopic (exact) mass is 675 g/mol. The molecular weight excluding hydrogens is 643 g/mol. The van der Waals surface area contributed by atoms with E-state index in [1.165, 1.54) is 0 Å². The van der Waals surface area contributed by atoms with Crippen LogP contribution < -0.4 is 20.7 Å². The summed E-state index contributed by atoms with van der Waals surface area (Å²) in [5, 5.41) is 17.1. The number of hydrogen-bond donors (Lipinski definition) is 3. The second-order valence-corrected chi connectivity index (χ2v) is 11.4. The van der Waals surface area contributed by atoms with Gasteiger partial charge in [0.25, 0.3) is 5.78 Å². The van der Waals surface area contributed by atoms with Crippen LogP contribution in [0.1, 0.15) is 49.1 Å². The lowest BCUT2D eigenvalue weighted by atomic mass is 10.00. The van der Waals surface area contributed by atoms with E-state index >= 15 is 0 Å². The highest BCUT2D eigenvalue weighted by molar-refractivity contribution is 6.30. The zero-order chi connectivity index (χ0) is 34.5. The maximum atomic E-state index is 13.1. The van der Waals surface area contributed by atoms with Crippen LogP contribution in [0, 0.1) is 6.92 Å². The van der Waals surface area contributed by atoms with Crippen molar-refractivity contribution in [2.75, 3.05) is 26.7 Å². The Kier molecular flexibility index (Phi) is 10.6. The number of alkyl halides is 3. The van der Waals surface area contributed by atoms with Crippen molar-refractivity contribution in [2.24, 2.45) is 4.99 Å². The van der Waals surface area contributed by atoms with E-state index in [1.807, 2.05) is 41.8 Å². The molecule has 4 rings (SSSR count). The number of aryl methyl sites for hydroxylation is 1. The summed E-state index contributed by atoms with van der Waals surface area (Å²) in [6.07, 6.45) is -6.44. The van der Waals surface area contributed by atoms with Crippen LogP contribution in [-0.2, 0) is 14.3 Å². The molecule has 2 amide bonds. The van der Waals surface area contributed by atoms with Crippen molar-refractivity contribution >= 4 is 35.1 Å². The number of rotatable bonds is 12. The van der Waals surface area contributed by atoms with E-state index in [1.54, 1.807) is 19.2 Å². The summed E-state index contributed by atoms with van der Waals surface area (Å²) in [6.45, 7) is 7.40. The molecule has 0 radical (unpaired) electrons. The largest absolute Gasteiger partial charge is 0.497 e. The Balaban J connectivity index is 1.38.